The zero-order chi connectivity index (χ0) is 19.0. The predicted molar refractivity (Wildman–Crippen MR) is 107 cm³/mol. The number of hydrogen-bond donors (Lipinski definition) is 2. The predicted octanol–water partition coefficient (Wildman–Crippen LogP) is 3.99. The van der Waals surface area contributed by atoms with Crippen LogP contribution < -0.4 is 5.32 Å². The van der Waals surface area contributed by atoms with Crippen molar-refractivity contribution in [3.05, 3.63) is 80.0 Å². The first-order chi connectivity index (χ1) is 13.1. The molecule has 0 saturated carbocycles. The number of aromatic nitrogens is 2. The van der Waals surface area contributed by atoms with Gasteiger partial charge in [0.05, 0.1) is 24.3 Å². The van der Waals surface area contributed by atoms with Crippen LogP contribution in [0.15, 0.2) is 51.9 Å². The minimum Gasteiger partial charge on any atom is -0.350 e. The van der Waals surface area contributed by atoms with Crippen LogP contribution in [0, 0.1) is 17.9 Å². The minimum absolute atomic E-state index is 0.282. The fourth-order valence-electron chi connectivity index (χ4n) is 3.63. The first-order valence-corrected chi connectivity index (χ1v) is 9.41. The molecule has 2 aliphatic heterocycles. The van der Waals surface area contributed by atoms with Gasteiger partial charge in [-0.1, -0.05) is 18.2 Å². The maximum Gasteiger partial charge on any atom is 0.200 e. The number of hydrogen-bond acceptors (Lipinski definition) is 4. The molecule has 4 rings (SSSR count). The molecule has 1 aromatic heterocycles. The van der Waals surface area contributed by atoms with Gasteiger partial charge in [-0.25, -0.2) is 4.85 Å². The molecular weight excluding hydrogens is 404 g/mol. The van der Waals surface area contributed by atoms with E-state index in [0.717, 1.165) is 52.2 Å². The Bertz CT molecular complexity index is 1050. The smallest absolute Gasteiger partial charge is 0.200 e. The summed E-state index contributed by atoms with van der Waals surface area (Å²) in [6.07, 6.45) is 4.81. The third-order valence-corrected chi connectivity index (χ3v) is 5.96. The van der Waals surface area contributed by atoms with E-state index < -0.39 is 0 Å². The highest BCUT2D eigenvalue weighted by atomic mass is 79.9. The summed E-state index contributed by atoms with van der Waals surface area (Å²) in [5.74, 6) is 0.521. The number of likely N-dealkylation sites (N-methyl/N-ethyl adjacent to an activating group) is 1. The topological polar surface area (TPSA) is 72.1 Å². The molecule has 0 saturated heterocycles. The zero-order valence-corrected chi connectivity index (χ0v) is 16.3. The van der Waals surface area contributed by atoms with Gasteiger partial charge >= 0.3 is 0 Å². The molecule has 0 radical (unpaired) electrons. The average Bonchev–Trinajstić information content (AvgIpc) is 3.16. The Morgan fingerprint density at radius 2 is 2.26 bits per heavy atom. The second-order valence-electron chi connectivity index (χ2n) is 6.69. The largest absolute Gasteiger partial charge is 0.350 e. The van der Waals surface area contributed by atoms with Gasteiger partial charge < -0.3 is 10.2 Å². The average molecular weight is 421 g/mol. The van der Waals surface area contributed by atoms with Crippen LogP contribution in [-0.2, 0) is 0 Å². The zero-order valence-electron chi connectivity index (χ0n) is 14.8. The van der Waals surface area contributed by atoms with Crippen molar-refractivity contribution in [1.29, 1.82) is 5.26 Å². The van der Waals surface area contributed by atoms with Gasteiger partial charge in [-0.3, -0.25) is 5.10 Å². The van der Waals surface area contributed by atoms with Crippen LogP contribution in [0.2, 0.25) is 0 Å². The van der Waals surface area contributed by atoms with Crippen molar-refractivity contribution in [1.82, 2.24) is 15.1 Å². The van der Waals surface area contributed by atoms with Gasteiger partial charge in [0.2, 0.25) is 0 Å². The summed E-state index contributed by atoms with van der Waals surface area (Å²) in [5, 5.41) is 20.0. The molecule has 2 N–H and O–H groups in total. The van der Waals surface area contributed by atoms with Crippen molar-refractivity contribution >= 4 is 21.7 Å². The van der Waals surface area contributed by atoms with Crippen molar-refractivity contribution in [2.24, 2.45) is 0 Å². The number of rotatable bonds is 2. The van der Waals surface area contributed by atoms with Crippen molar-refractivity contribution in [2.45, 2.75) is 12.3 Å². The lowest BCUT2D eigenvalue weighted by Crippen LogP contribution is -2.27. The minimum atomic E-state index is -0.282. The Morgan fingerprint density at radius 1 is 1.41 bits per heavy atom. The fourth-order valence-corrected chi connectivity index (χ4v) is 4.21. The number of fused-ring (bicyclic) bond motifs is 1. The molecule has 2 aromatic rings. The van der Waals surface area contributed by atoms with Gasteiger partial charge in [0.25, 0.3) is 0 Å². The van der Waals surface area contributed by atoms with E-state index in [4.69, 9.17) is 6.57 Å². The Hall–Kier alpha value is -2.87. The standard InChI is InChI=1S/C20H17BrN6/c1-23-19-16(14-5-3-4-13(10-22)17(14)21)15-11-24-26-20(15)25-18(19)12-6-8-27(2)9-7-12/h3-6,11,16H,7-9H2,2H3,(H2,24,25,26). The summed E-state index contributed by atoms with van der Waals surface area (Å²) >= 11 is 3.58. The highest BCUT2D eigenvalue weighted by molar-refractivity contribution is 9.10. The Balaban J connectivity index is 1.92. The molecular formula is C20H17BrN6. The molecule has 1 unspecified atom stereocenters. The molecule has 6 nitrogen and oxygen atoms in total. The number of H-pyrrole nitrogens is 1. The number of aromatic amines is 1. The van der Waals surface area contributed by atoms with E-state index in [0.29, 0.717) is 11.3 Å². The van der Waals surface area contributed by atoms with Gasteiger partial charge in [0, 0.05) is 28.8 Å². The number of benzene rings is 1. The van der Waals surface area contributed by atoms with Crippen LogP contribution in [0.1, 0.15) is 29.0 Å². The second kappa shape index (κ2) is 7.03. The van der Waals surface area contributed by atoms with E-state index in [9.17, 15) is 5.26 Å². The van der Waals surface area contributed by atoms with Gasteiger partial charge in [-0.15, -0.1) is 0 Å². The number of nitrogens with zero attached hydrogens (tertiary/aromatic N) is 4. The van der Waals surface area contributed by atoms with E-state index in [1.54, 1.807) is 12.3 Å². The molecule has 134 valence electrons. The molecule has 0 aliphatic carbocycles. The van der Waals surface area contributed by atoms with Crippen LogP contribution in [0.5, 0.6) is 0 Å². The Morgan fingerprint density at radius 3 is 2.96 bits per heavy atom. The Kier molecular flexibility index (Phi) is 4.57. The quantitative estimate of drug-likeness (QED) is 0.720. The lowest BCUT2D eigenvalue weighted by Gasteiger charge is -2.30. The number of nitriles is 1. The van der Waals surface area contributed by atoms with Crippen molar-refractivity contribution in [3.63, 3.8) is 0 Å². The summed E-state index contributed by atoms with van der Waals surface area (Å²) in [7, 11) is 2.09. The Labute approximate surface area is 166 Å². The van der Waals surface area contributed by atoms with Crippen LogP contribution in [-0.4, -0.2) is 35.2 Å². The molecule has 0 amide bonds. The number of nitrogens with one attached hydrogen (secondary N) is 2. The molecule has 3 heterocycles. The monoisotopic (exact) mass is 420 g/mol. The normalized spacial score (nSPS) is 19.6. The summed E-state index contributed by atoms with van der Waals surface area (Å²) in [4.78, 5) is 6.17. The van der Waals surface area contributed by atoms with Crippen LogP contribution in [0.25, 0.3) is 4.85 Å². The lowest BCUT2D eigenvalue weighted by molar-refractivity contribution is 0.360. The van der Waals surface area contributed by atoms with E-state index >= 15 is 0 Å². The number of anilines is 1. The molecule has 27 heavy (non-hydrogen) atoms. The highest BCUT2D eigenvalue weighted by Crippen LogP contribution is 2.46. The van der Waals surface area contributed by atoms with Crippen LogP contribution in [0.3, 0.4) is 0 Å². The molecule has 1 atom stereocenters. The van der Waals surface area contributed by atoms with E-state index in [2.05, 4.69) is 60.4 Å². The van der Waals surface area contributed by atoms with Crippen molar-refractivity contribution < 1.29 is 0 Å². The lowest BCUT2D eigenvalue weighted by atomic mass is 9.84. The van der Waals surface area contributed by atoms with Crippen molar-refractivity contribution in [2.75, 3.05) is 25.5 Å². The maximum atomic E-state index is 9.40. The highest BCUT2D eigenvalue weighted by Gasteiger charge is 2.34. The first-order valence-electron chi connectivity index (χ1n) is 8.62. The molecule has 7 heteroatoms. The fraction of sp³-hybridized carbons (Fsp3) is 0.250. The molecule has 0 fully saturated rings. The van der Waals surface area contributed by atoms with Gasteiger partial charge in [0.1, 0.15) is 11.9 Å². The summed E-state index contributed by atoms with van der Waals surface area (Å²) in [6, 6.07) is 7.80. The van der Waals surface area contributed by atoms with E-state index in [1.165, 1.54) is 0 Å². The SMILES string of the molecule is [C-]#[N+]C1=C(C2=CCN(C)CC2)Nc2[nH]ncc2C1c1cccc(C#N)c1Br. The van der Waals surface area contributed by atoms with Gasteiger partial charge in [0.15, 0.2) is 5.70 Å². The van der Waals surface area contributed by atoms with Crippen LogP contribution in [0.4, 0.5) is 5.82 Å². The van der Waals surface area contributed by atoms with Crippen LogP contribution >= 0.6 is 15.9 Å². The van der Waals surface area contributed by atoms with Crippen molar-refractivity contribution in [3.8, 4) is 6.07 Å². The third kappa shape index (κ3) is 2.95. The first kappa shape index (κ1) is 17.5. The summed E-state index contributed by atoms with van der Waals surface area (Å²) in [5.41, 5.74) is 5.01. The van der Waals surface area contributed by atoms with Gasteiger partial charge in [-0.2, -0.15) is 10.4 Å². The maximum absolute atomic E-state index is 9.40. The molecule has 0 bridgehead atoms. The molecule has 2 aliphatic rings. The number of allylic oxidation sites excluding steroid dienone is 2. The molecule has 1 aromatic carbocycles. The van der Waals surface area contributed by atoms with Gasteiger partial charge in [-0.05, 0) is 46.6 Å². The molecule has 0 spiro atoms. The van der Waals surface area contributed by atoms with E-state index in [-0.39, 0.29) is 5.92 Å². The second-order valence-corrected chi connectivity index (χ2v) is 7.49. The summed E-state index contributed by atoms with van der Waals surface area (Å²) in [6.45, 7) is 9.72. The number of halogens is 1. The van der Waals surface area contributed by atoms with E-state index in [1.807, 2.05) is 12.1 Å². The third-order valence-electron chi connectivity index (χ3n) is 5.07. The summed E-state index contributed by atoms with van der Waals surface area (Å²) < 4.78 is 0.726.